The first-order valence-corrected chi connectivity index (χ1v) is 6.84. The van der Waals surface area contributed by atoms with E-state index in [0.717, 1.165) is 6.42 Å². The summed E-state index contributed by atoms with van der Waals surface area (Å²) < 4.78 is 18.8. The van der Waals surface area contributed by atoms with Crippen LogP contribution in [0.25, 0.3) is 0 Å². The van der Waals surface area contributed by atoms with Gasteiger partial charge in [-0.1, -0.05) is 18.2 Å². The molecule has 1 heterocycles. The highest BCUT2D eigenvalue weighted by atomic mass is 19.1. The van der Waals surface area contributed by atoms with Gasteiger partial charge in [0.05, 0.1) is 7.11 Å². The number of benzene rings is 1. The van der Waals surface area contributed by atoms with E-state index >= 15 is 0 Å². The van der Waals surface area contributed by atoms with E-state index in [1.165, 1.54) is 13.2 Å². The van der Waals surface area contributed by atoms with Gasteiger partial charge in [0.1, 0.15) is 11.9 Å². The molecule has 20 heavy (non-hydrogen) atoms. The summed E-state index contributed by atoms with van der Waals surface area (Å²) in [5.74, 6) is -0.493. The fourth-order valence-corrected chi connectivity index (χ4v) is 2.80. The number of aliphatic hydroxyl groups is 1. The molecule has 0 aromatic heterocycles. The Labute approximate surface area is 118 Å². The Morgan fingerprint density at radius 2 is 2.30 bits per heavy atom. The van der Waals surface area contributed by atoms with Crippen LogP contribution in [0.2, 0.25) is 0 Å². The van der Waals surface area contributed by atoms with Crippen molar-refractivity contribution in [2.45, 2.75) is 18.9 Å². The van der Waals surface area contributed by atoms with E-state index in [1.54, 1.807) is 18.2 Å². The van der Waals surface area contributed by atoms with Crippen molar-refractivity contribution in [1.29, 1.82) is 0 Å². The first-order chi connectivity index (χ1) is 9.67. The normalized spacial score (nSPS) is 20.9. The van der Waals surface area contributed by atoms with Crippen LogP contribution < -0.4 is 0 Å². The maximum absolute atomic E-state index is 14.0. The average Bonchev–Trinajstić information content (AvgIpc) is 2.90. The van der Waals surface area contributed by atoms with Crippen LogP contribution in [0.15, 0.2) is 24.3 Å². The maximum atomic E-state index is 14.0. The minimum atomic E-state index is -0.704. The number of carbonyl (C=O) groups is 1. The minimum Gasteiger partial charge on any atom is -0.468 e. The van der Waals surface area contributed by atoms with Gasteiger partial charge in [-0.15, -0.1) is 0 Å². The molecule has 110 valence electrons. The van der Waals surface area contributed by atoms with Gasteiger partial charge >= 0.3 is 5.97 Å². The van der Waals surface area contributed by atoms with Crippen molar-refractivity contribution in [2.75, 3.05) is 26.8 Å². The summed E-state index contributed by atoms with van der Waals surface area (Å²) in [6.45, 7) is 1.52. The molecule has 5 heteroatoms. The van der Waals surface area contributed by atoms with Gasteiger partial charge < -0.3 is 9.84 Å². The van der Waals surface area contributed by atoms with E-state index in [-0.39, 0.29) is 6.61 Å². The number of halogens is 1. The Balaban J connectivity index is 2.21. The van der Waals surface area contributed by atoms with Gasteiger partial charge in [0, 0.05) is 18.7 Å². The third kappa shape index (κ3) is 3.16. The summed E-state index contributed by atoms with van der Waals surface area (Å²) in [4.78, 5) is 14.0. The summed E-state index contributed by atoms with van der Waals surface area (Å²) >= 11 is 0. The van der Waals surface area contributed by atoms with Gasteiger partial charge in [0.15, 0.2) is 0 Å². The zero-order valence-corrected chi connectivity index (χ0v) is 11.6. The van der Waals surface area contributed by atoms with Gasteiger partial charge in [-0.25, -0.2) is 9.18 Å². The van der Waals surface area contributed by atoms with Crippen molar-refractivity contribution >= 4 is 5.97 Å². The molecule has 0 radical (unpaired) electrons. The molecule has 1 aliphatic heterocycles. The number of nitrogens with zero attached hydrogens (tertiary/aromatic N) is 1. The van der Waals surface area contributed by atoms with Gasteiger partial charge in [-0.2, -0.15) is 0 Å². The van der Waals surface area contributed by atoms with Gasteiger partial charge in [0.25, 0.3) is 0 Å². The van der Waals surface area contributed by atoms with Crippen LogP contribution in [-0.4, -0.2) is 42.8 Å². The van der Waals surface area contributed by atoms with E-state index < -0.39 is 17.8 Å². The van der Waals surface area contributed by atoms with Crippen LogP contribution in [0.4, 0.5) is 4.39 Å². The molecule has 0 aliphatic carbocycles. The molecule has 0 amide bonds. The molecule has 1 fully saturated rings. The molecule has 2 atom stereocenters. The number of esters is 1. The summed E-state index contributed by atoms with van der Waals surface area (Å²) in [5, 5.41) is 9.00. The van der Waals surface area contributed by atoms with Crippen LogP contribution in [0.1, 0.15) is 24.4 Å². The van der Waals surface area contributed by atoms with Crippen molar-refractivity contribution in [3.8, 4) is 0 Å². The van der Waals surface area contributed by atoms with Crippen LogP contribution >= 0.6 is 0 Å². The van der Waals surface area contributed by atoms with E-state index in [9.17, 15) is 9.18 Å². The van der Waals surface area contributed by atoms with Crippen molar-refractivity contribution in [1.82, 2.24) is 4.90 Å². The number of likely N-dealkylation sites (tertiary alicyclic amines) is 1. The highest BCUT2D eigenvalue weighted by molar-refractivity contribution is 5.77. The standard InChI is InChI=1S/C15H20FNO3/c1-20-15(19)14(12-4-2-3-5-13(12)16)17-8-6-11(10-17)7-9-18/h2-5,11,14,18H,6-10H2,1H3/t11-,14-/m1/s1. The van der Waals surface area contributed by atoms with E-state index in [4.69, 9.17) is 9.84 Å². The van der Waals surface area contributed by atoms with Crippen LogP contribution in [-0.2, 0) is 9.53 Å². The van der Waals surface area contributed by atoms with Gasteiger partial charge in [-0.3, -0.25) is 4.90 Å². The quantitative estimate of drug-likeness (QED) is 0.835. The number of ether oxygens (including phenoxy) is 1. The number of methoxy groups -OCH3 is 1. The third-order valence-corrected chi connectivity index (χ3v) is 3.84. The predicted octanol–water partition coefficient (Wildman–Crippen LogP) is 1.74. The number of hydrogen-bond donors (Lipinski definition) is 1. The van der Waals surface area contributed by atoms with Crippen LogP contribution in [0.5, 0.6) is 0 Å². The highest BCUT2D eigenvalue weighted by Crippen LogP contribution is 2.31. The molecule has 1 aliphatic rings. The Hall–Kier alpha value is -1.46. The fourth-order valence-electron chi connectivity index (χ4n) is 2.80. The molecular formula is C15H20FNO3. The van der Waals surface area contributed by atoms with E-state index in [0.29, 0.717) is 31.0 Å². The fraction of sp³-hybridized carbons (Fsp3) is 0.533. The van der Waals surface area contributed by atoms with E-state index in [1.807, 2.05) is 4.90 Å². The second-order valence-electron chi connectivity index (χ2n) is 5.11. The van der Waals surface area contributed by atoms with Crippen molar-refractivity contribution in [2.24, 2.45) is 5.92 Å². The van der Waals surface area contributed by atoms with Crippen LogP contribution in [0.3, 0.4) is 0 Å². The lowest BCUT2D eigenvalue weighted by atomic mass is 10.0. The first-order valence-electron chi connectivity index (χ1n) is 6.84. The van der Waals surface area contributed by atoms with Crippen molar-refractivity contribution in [3.05, 3.63) is 35.6 Å². The molecule has 0 spiro atoms. The minimum absolute atomic E-state index is 0.140. The Morgan fingerprint density at radius 3 is 2.95 bits per heavy atom. The van der Waals surface area contributed by atoms with E-state index in [2.05, 4.69) is 0 Å². The topological polar surface area (TPSA) is 49.8 Å². The zero-order valence-electron chi connectivity index (χ0n) is 11.6. The Morgan fingerprint density at radius 1 is 1.55 bits per heavy atom. The van der Waals surface area contributed by atoms with Crippen LogP contribution in [0, 0.1) is 11.7 Å². The predicted molar refractivity (Wildman–Crippen MR) is 72.5 cm³/mol. The summed E-state index contributed by atoms with van der Waals surface area (Å²) in [5.41, 5.74) is 0.351. The highest BCUT2D eigenvalue weighted by Gasteiger charge is 2.35. The first kappa shape index (κ1) is 14.9. The van der Waals surface area contributed by atoms with Crippen molar-refractivity contribution < 1.29 is 19.0 Å². The lowest BCUT2D eigenvalue weighted by Gasteiger charge is -2.26. The number of hydrogen-bond acceptors (Lipinski definition) is 4. The molecule has 0 saturated carbocycles. The second kappa shape index (κ2) is 6.81. The molecule has 1 saturated heterocycles. The van der Waals surface area contributed by atoms with Gasteiger partial charge in [-0.05, 0) is 31.4 Å². The molecule has 0 bridgehead atoms. The molecule has 1 N–H and O–H groups in total. The molecule has 1 aromatic rings. The second-order valence-corrected chi connectivity index (χ2v) is 5.11. The molecular weight excluding hydrogens is 261 g/mol. The number of rotatable bonds is 5. The average molecular weight is 281 g/mol. The lowest BCUT2D eigenvalue weighted by molar-refractivity contribution is -0.147. The zero-order chi connectivity index (χ0) is 14.5. The molecule has 2 rings (SSSR count). The largest absolute Gasteiger partial charge is 0.468 e. The smallest absolute Gasteiger partial charge is 0.327 e. The molecule has 4 nitrogen and oxygen atoms in total. The maximum Gasteiger partial charge on any atom is 0.327 e. The number of aliphatic hydroxyl groups excluding tert-OH is 1. The molecule has 1 aromatic carbocycles. The Kier molecular flexibility index (Phi) is 5.09. The Bertz CT molecular complexity index is 466. The summed E-state index contributed by atoms with van der Waals surface area (Å²) in [7, 11) is 1.32. The molecule has 0 unspecified atom stereocenters. The summed E-state index contributed by atoms with van der Waals surface area (Å²) in [6, 6.07) is 5.59. The lowest BCUT2D eigenvalue weighted by Crippen LogP contribution is -2.34. The SMILES string of the molecule is COC(=O)[C@@H](c1ccccc1F)N1CC[C@H](CCO)C1. The van der Waals surface area contributed by atoms with Crippen molar-refractivity contribution in [3.63, 3.8) is 0 Å². The van der Waals surface area contributed by atoms with Gasteiger partial charge in [0.2, 0.25) is 0 Å². The summed E-state index contributed by atoms with van der Waals surface area (Å²) in [6.07, 6.45) is 1.62. The third-order valence-electron chi connectivity index (χ3n) is 3.84. The monoisotopic (exact) mass is 281 g/mol. The number of carbonyl (C=O) groups excluding carboxylic acids is 1.